The van der Waals surface area contributed by atoms with Gasteiger partial charge in [0.25, 0.3) is 10.0 Å². The first-order valence-corrected chi connectivity index (χ1v) is 9.28. The van der Waals surface area contributed by atoms with Crippen LogP contribution >= 0.6 is 11.6 Å². The van der Waals surface area contributed by atoms with Gasteiger partial charge in [0.1, 0.15) is 12.3 Å². The zero-order valence-electron chi connectivity index (χ0n) is 13.8. The van der Waals surface area contributed by atoms with Gasteiger partial charge in [0.05, 0.1) is 24.3 Å². The van der Waals surface area contributed by atoms with Crippen molar-refractivity contribution in [3.63, 3.8) is 0 Å². The lowest BCUT2D eigenvalue weighted by molar-refractivity contribution is -0.141. The molecule has 0 amide bonds. The zero-order chi connectivity index (χ0) is 18.4. The second kappa shape index (κ2) is 8.22. The molecular formula is C17H18ClNO5S. The zero-order valence-corrected chi connectivity index (χ0v) is 15.4. The van der Waals surface area contributed by atoms with E-state index in [-0.39, 0.29) is 11.5 Å². The van der Waals surface area contributed by atoms with Gasteiger partial charge in [-0.05, 0) is 55.5 Å². The minimum Gasteiger partial charge on any atom is -0.497 e. The largest absolute Gasteiger partial charge is 0.497 e. The molecule has 6 nitrogen and oxygen atoms in total. The highest BCUT2D eigenvalue weighted by atomic mass is 35.5. The molecular weight excluding hydrogens is 366 g/mol. The SMILES string of the molecule is CCOC(=O)CN(c1ccc(OC)cc1)S(=O)(=O)c1ccc(Cl)cc1. The van der Waals surface area contributed by atoms with Crippen LogP contribution in [0.1, 0.15) is 6.92 Å². The van der Waals surface area contributed by atoms with Crippen molar-refractivity contribution in [1.82, 2.24) is 0 Å². The number of benzene rings is 2. The number of carbonyl (C=O) groups is 1. The van der Waals surface area contributed by atoms with Gasteiger partial charge in [-0.3, -0.25) is 9.10 Å². The minimum atomic E-state index is -3.97. The Morgan fingerprint density at radius 3 is 2.20 bits per heavy atom. The number of hydrogen-bond acceptors (Lipinski definition) is 5. The molecule has 0 saturated carbocycles. The van der Waals surface area contributed by atoms with E-state index in [1.807, 2.05) is 0 Å². The topological polar surface area (TPSA) is 72.9 Å². The molecule has 25 heavy (non-hydrogen) atoms. The normalized spacial score (nSPS) is 11.0. The van der Waals surface area contributed by atoms with Gasteiger partial charge in [-0.15, -0.1) is 0 Å². The summed E-state index contributed by atoms with van der Waals surface area (Å²) in [5.41, 5.74) is 0.323. The average molecular weight is 384 g/mol. The summed E-state index contributed by atoms with van der Waals surface area (Å²) in [6, 6.07) is 12.1. The molecule has 0 aliphatic carbocycles. The predicted molar refractivity (Wildman–Crippen MR) is 95.6 cm³/mol. The molecule has 0 bridgehead atoms. The van der Waals surface area contributed by atoms with E-state index in [0.29, 0.717) is 16.5 Å². The van der Waals surface area contributed by atoms with E-state index in [9.17, 15) is 13.2 Å². The van der Waals surface area contributed by atoms with Crippen molar-refractivity contribution in [3.05, 3.63) is 53.6 Å². The number of ether oxygens (including phenoxy) is 2. The maximum Gasteiger partial charge on any atom is 0.326 e. The molecule has 0 spiro atoms. The van der Waals surface area contributed by atoms with Gasteiger partial charge in [-0.2, -0.15) is 0 Å². The maximum atomic E-state index is 13.0. The summed E-state index contributed by atoms with van der Waals surface area (Å²) in [6.07, 6.45) is 0. The standard InChI is InChI=1S/C17H18ClNO5S/c1-3-24-17(20)12-19(14-6-8-15(23-2)9-7-14)25(21,22)16-10-4-13(18)5-11-16/h4-11H,3,12H2,1-2H3. The highest BCUT2D eigenvalue weighted by Gasteiger charge is 2.27. The van der Waals surface area contributed by atoms with E-state index in [2.05, 4.69) is 0 Å². The van der Waals surface area contributed by atoms with E-state index in [0.717, 1.165) is 4.31 Å². The smallest absolute Gasteiger partial charge is 0.326 e. The Hall–Kier alpha value is -2.25. The third kappa shape index (κ3) is 4.64. The number of esters is 1. The van der Waals surface area contributed by atoms with E-state index in [1.54, 1.807) is 31.2 Å². The van der Waals surface area contributed by atoms with Crippen LogP contribution in [0.4, 0.5) is 5.69 Å². The van der Waals surface area contributed by atoms with Crippen LogP contribution in [0, 0.1) is 0 Å². The van der Waals surface area contributed by atoms with Crippen molar-refractivity contribution in [3.8, 4) is 5.75 Å². The molecule has 0 heterocycles. The van der Waals surface area contributed by atoms with Gasteiger partial charge >= 0.3 is 5.97 Å². The van der Waals surface area contributed by atoms with E-state index in [1.165, 1.54) is 31.4 Å². The lowest BCUT2D eigenvalue weighted by Gasteiger charge is -2.23. The molecule has 0 aliphatic heterocycles. The van der Waals surface area contributed by atoms with Crippen LogP contribution in [0.25, 0.3) is 0 Å². The number of methoxy groups -OCH3 is 1. The second-order valence-corrected chi connectivity index (χ2v) is 7.27. The van der Waals surface area contributed by atoms with Crippen LogP contribution in [-0.2, 0) is 19.6 Å². The van der Waals surface area contributed by atoms with E-state index in [4.69, 9.17) is 21.1 Å². The molecule has 0 saturated heterocycles. The number of anilines is 1. The van der Waals surface area contributed by atoms with Crippen LogP contribution in [0.5, 0.6) is 5.75 Å². The first-order valence-electron chi connectivity index (χ1n) is 7.46. The summed E-state index contributed by atoms with van der Waals surface area (Å²) in [5.74, 6) is -0.0698. The predicted octanol–water partition coefficient (Wildman–Crippen LogP) is 3.11. The van der Waals surface area contributed by atoms with Crippen molar-refractivity contribution >= 4 is 33.3 Å². The molecule has 0 atom stereocenters. The fraction of sp³-hybridized carbons (Fsp3) is 0.235. The van der Waals surface area contributed by atoms with Gasteiger partial charge in [0.2, 0.25) is 0 Å². The molecule has 0 aromatic heterocycles. The molecule has 134 valence electrons. The number of hydrogen-bond donors (Lipinski definition) is 0. The van der Waals surface area contributed by atoms with Crippen molar-refractivity contribution in [2.24, 2.45) is 0 Å². The van der Waals surface area contributed by atoms with Gasteiger partial charge in [-0.1, -0.05) is 11.6 Å². The molecule has 0 N–H and O–H groups in total. The Morgan fingerprint density at radius 2 is 1.68 bits per heavy atom. The molecule has 2 aromatic carbocycles. The number of nitrogens with zero attached hydrogens (tertiary/aromatic N) is 1. The molecule has 0 fully saturated rings. The van der Waals surface area contributed by atoms with Crippen molar-refractivity contribution < 1.29 is 22.7 Å². The molecule has 2 aromatic rings. The highest BCUT2D eigenvalue weighted by molar-refractivity contribution is 7.92. The van der Waals surface area contributed by atoms with Gasteiger partial charge < -0.3 is 9.47 Å². The van der Waals surface area contributed by atoms with E-state index < -0.39 is 22.5 Å². The summed E-state index contributed by atoms with van der Waals surface area (Å²) in [7, 11) is -2.46. The number of carbonyl (C=O) groups excluding carboxylic acids is 1. The summed E-state index contributed by atoms with van der Waals surface area (Å²) in [6.45, 7) is 1.38. The fourth-order valence-electron chi connectivity index (χ4n) is 2.12. The minimum absolute atomic E-state index is 0.0250. The third-order valence-corrected chi connectivity index (χ3v) is 5.38. The molecule has 0 radical (unpaired) electrons. The van der Waals surface area contributed by atoms with Crippen molar-refractivity contribution in [2.75, 3.05) is 24.6 Å². The van der Waals surface area contributed by atoms with Crippen molar-refractivity contribution in [1.29, 1.82) is 0 Å². The molecule has 0 unspecified atom stereocenters. The number of rotatable bonds is 7. The summed E-state index contributed by atoms with van der Waals surface area (Å²) in [4.78, 5) is 11.9. The Kier molecular flexibility index (Phi) is 6.27. The Bertz CT molecular complexity index is 819. The Morgan fingerprint density at radius 1 is 1.08 bits per heavy atom. The van der Waals surface area contributed by atoms with Crippen LogP contribution in [0.3, 0.4) is 0 Å². The molecule has 2 rings (SSSR count). The van der Waals surface area contributed by atoms with Crippen LogP contribution in [0.2, 0.25) is 5.02 Å². The van der Waals surface area contributed by atoms with Gasteiger partial charge in [-0.25, -0.2) is 8.42 Å². The quantitative estimate of drug-likeness (QED) is 0.687. The summed E-state index contributed by atoms with van der Waals surface area (Å²) < 4.78 is 36.9. The lowest BCUT2D eigenvalue weighted by atomic mass is 10.3. The number of sulfonamides is 1. The molecule has 0 aliphatic rings. The van der Waals surface area contributed by atoms with Gasteiger partial charge in [0.15, 0.2) is 0 Å². The fourth-order valence-corrected chi connectivity index (χ4v) is 3.66. The first kappa shape index (κ1) is 19.1. The monoisotopic (exact) mass is 383 g/mol. The number of halogens is 1. The van der Waals surface area contributed by atoms with Crippen molar-refractivity contribution in [2.45, 2.75) is 11.8 Å². The van der Waals surface area contributed by atoms with Gasteiger partial charge in [0, 0.05) is 5.02 Å². The highest BCUT2D eigenvalue weighted by Crippen LogP contribution is 2.26. The summed E-state index contributed by atoms with van der Waals surface area (Å²) in [5, 5.41) is 0.417. The Labute approximate surface area is 152 Å². The van der Waals surface area contributed by atoms with Crippen LogP contribution in [0.15, 0.2) is 53.4 Å². The van der Waals surface area contributed by atoms with Crippen LogP contribution in [-0.4, -0.2) is 34.6 Å². The maximum absolute atomic E-state index is 13.0. The average Bonchev–Trinajstić information content (AvgIpc) is 2.60. The third-order valence-electron chi connectivity index (χ3n) is 3.34. The first-order chi connectivity index (χ1) is 11.9. The summed E-state index contributed by atoms with van der Waals surface area (Å²) >= 11 is 5.82. The van der Waals surface area contributed by atoms with E-state index >= 15 is 0 Å². The molecule has 8 heteroatoms. The lowest BCUT2D eigenvalue weighted by Crippen LogP contribution is -2.36. The second-order valence-electron chi connectivity index (χ2n) is 4.97. The van der Waals surface area contributed by atoms with Crippen LogP contribution < -0.4 is 9.04 Å². The Balaban J connectivity index is 2.45.